The molecule has 0 spiro atoms. The van der Waals surface area contributed by atoms with Crippen molar-refractivity contribution in [3.63, 3.8) is 0 Å². The van der Waals surface area contributed by atoms with Gasteiger partial charge in [-0.15, -0.1) is 0 Å². The number of benzene rings is 2. The summed E-state index contributed by atoms with van der Waals surface area (Å²) in [6.07, 6.45) is 6.78. The van der Waals surface area contributed by atoms with Gasteiger partial charge in [-0.1, -0.05) is 55.7 Å². The van der Waals surface area contributed by atoms with E-state index >= 15 is 0 Å². The molecular formula is C25H34N2O2. The molecule has 1 atom stereocenters. The van der Waals surface area contributed by atoms with Crippen molar-refractivity contribution in [1.29, 1.82) is 0 Å². The van der Waals surface area contributed by atoms with Crippen molar-refractivity contribution in [2.75, 3.05) is 33.3 Å². The van der Waals surface area contributed by atoms with Crippen LogP contribution in [-0.2, 0) is 6.61 Å². The highest BCUT2D eigenvalue weighted by atomic mass is 16.5. The van der Waals surface area contributed by atoms with Crippen molar-refractivity contribution in [3.05, 3.63) is 59.7 Å². The third kappa shape index (κ3) is 5.12. The smallest absolute Gasteiger partial charge is 0.161 e. The molecule has 4 heteroatoms. The number of methoxy groups -OCH3 is 1. The highest BCUT2D eigenvalue weighted by Gasteiger charge is 2.31. The summed E-state index contributed by atoms with van der Waals surface area (Å²) < 4.78 is 11.8. The molecule has 29 heavy (non-hydrogen) atoms. The molecule has 1 heterocycles. The Labute approximate surface area is 175 Å². The van der Waals surface area contributed by atoms with Gasteiger partial charge in [0, 0.05) is 32.2 Å². The van der Waals surface area contributed by atoms with Crippen LogP contribution >= 0.6 is 0 Å². The molecule has 1 aliphatic heterocycles. The molecule has 1 saturated carbocycles. The van der Waals surface area contributed by atoms with Gasteiger partial charge in [-0.25, -0.2) is 0 Å². The molecule has 0 amide bonds. The maximum Gasteiger partial charge on any atom is 0.161 e. The van der Waals surface area contributed by atoms with Crippen LogP contribution < -0.4 is 14.8 Å². The second-order valence-electron chi connectivity index (χ2n) is 8.31. The second-order valence-corrected chi connectivity index (χ2v) is 8.31. The summed E-state index contributed by atoms with van der Waals surface area (Å²) in [4.78, 5) is 2.69. The summed E-state index contributed by atoms with van der Waals surface area (Å²) >= 11 is 0. The zero-order chi connectivity index (χ0) is 19.9. The van der Waals surface area contributed by atoms with Crippen LogP contribution in [0.15, 0.2) is 48.5 Å². The van der Waals surface area contributed by atoms with Gasteiger partial charge in [-0.05, 0) is 42.0 Å². The van der Waals surface area contributed by atoms with E-state index in [1.807, 2.05) is 6.07 Å². The molecule has 0 aromatic heterocycles. The maximum absolute atomic E-state index is 6.22. The third-order valence-electron chi connectivity index (χ3n) is 6.41. The first-order chi connectivity index (χ1) is 14.3. The fraction of sp³-hybridized carbons (Fsp3) is 0.520. The van der Waals surface area contributed by atoms with E-state index in [0.717, 1.165) is 43.6 Å². The largest absolute Gasteiger partial charge is 0.493 e. The lowest BCUT2D eigenvalue weighted by atomic mass is 9.80. The Hall–Kier alpha value is -2.04. The molecule has 4 rings (SSSR count). The van der Waals surface area contributed by atoms with Crippen LogP contribution in [0.5, 0.6) is 11.5 Å². The Kier molecular flexibility index (Phi) is 7.07. The molecule has 1 aliphatic carbocycles. The first kappa shape index (κ1) is 20.2. The van der Waals surface area contributed by atoms with E-state index in [2.05, 4.69) is 52.7 Å². The van der Waals surface area contributed by atoms with E-state index in [9.17, 15) is 0 Å². The highest BCUT2D eigenvalue weighted by Crippen LogP contribution is 2.41. The third-order valence-corrected chi connectivity index (χ3v) is 6.41. The van der Waals surface area contributed by atoms with Crippen LogP contribution in [-0.4, -0.2) is 38.2 Å². The van der Waals surface area contributed by atoms with Crippen molar-refractivity contribution in [1.82, 2.24) is 10.2 Å². The Morgan fingerprint density at radius 2 is 1.72 bits per heavy atom. The predicted molar refractivity (Wildman–Crippen MR) is 118 cm³/mol. The number of rotatable bonds is 7. The first-order valence-electron chi connectivity index (χ1n) is 11.1. The van der Waals surface area contributed by atoms with Crippen molar-refractivity contribution in [2.24, 2.45) is 5.92 Å². The molecular weight excluding hydrogens is 360 g/mol. The van der Waals surface area contributed by atoms with Gasteiger partial charge in [0.05, 0.1) is 7.11 Å². The van der Waals surface area contributed by atoms with Gasteiger partial charge in [-0.2, -0.15) is 0 Å². The number of nitrogens with zero attached hydrogens (tertiary/aromatic N) is 1. The maximum atomic E-state index is 6.22. The Bertz CT molecular complexity index is 735. The van der Waals surface area contributed by atoms with Crippen LogP contribution in [0.1, 0.15) is 49.3 Å². The van der Waals surface area contributed by atoms with E-state index in [1.54, 1.807) is 7.11 Å². The van der Waals surface area contributed by atoms with Gasteiger partial charge in [0.2, 0.25) is 0 Å². The molecule has 0 bridgehead atoms. The van der Waals surface area contributed by atoms with Gasteiger partial charge < -0.3 is 14.8 Å². The van der Waals surface area contributed by atoms with Gasteiger partial charge in [0.25, 0.3) is 0 Å². The fourth-order valence-electron chi connectivity index (χ4n) is 4.92. The van der Waals surface area contributed by atoms with Gasteiger partial charge in [-0.3, -0.25) is 4.90 Å². The van der Waals surface area contributed by atoms with E-state index in [-0.39, 0.29) is 0 Å². The lowest BCUT2D eigenvalue weighted by Crippen LogP contribution is -2.47. The van der Waals surface area contributed by atoms with E-state index < -0.39 is 0 Å². The Morgan fingerprint density at radius 1 is 0.966 bits per heavy atom. The number of ether oxygens (including phenoxy) is 2. The zero-order valence-corrected chi connectivity index (χ0v) is 17.6. The molecule has 156 valence electrons. The topological polar surface area (TPSA) is 33.7 Å². The number of hydrogen-bond donors (Lipinski definition) is 1. The number of piperazine rings is 1. The van der Waals surface area contributed by atoms with Crippen molar-refractivity contribution >= 4 is 0 Å². The van der Waals surface area contributed by atoms with Crippen molar-refractivity contribution in [3.8, 4) is 11.5 Å². The molecule has 2 aliphatic rings. The minimum absolute atomic E-state index is 0.474. The van der Waals surface area contributed by atoms with Gasteiger partial charge in [0.15, 0.2) is 11.5 Å². The molecule has 0 radical (unpaired) electrons. The molecule has 1 saturated heterocycles. The lowest BCUT2D eigenvalue weighted by molar-refractivity contribution is 0.103. The molecule has 4 nitrogen and oxygen atoms in total. The van der Waals surface area contributed by atoms with Crippen LogP contribution in [0.3, 0.4) is 0 Å². The SMILES string of the molecule is COc1ccc([C@@H](C2CCCCC2)N2CCNCC2)cc1OCc1ccccc1. The van der Waals surface area contributed by atoms with Crippen LogP contribution in [0.4, 0.5) is 0 Å². The summed E-state index contributed by atoms with van der Waals surface area (Å²) in [5.41, 5.74) is 2.55. The van der Waals surface area contributed by atoms with E-state index in [0.29, 0.717) is 12.6 Å². The second kappa shape index (κ2) is 10.1. The van der Waals surface area contributed by atoms with Crippen molar-refractivity contribution < 1.29 is 9.47 Å². The summed E-state index contributed by atoms with van der Waals surface area (Å²) in [5, 5.41) is 3.51. The summed E-state index contributed by atoms with van der Waals surface area (Å²) in [6, 6.07) is 17.4. The number of nitrogens with one attached hydrogen (secondary N) is 1. The standard InChI is InChI=1S/C25H34N2O2/c1-28-23-13-12-22(18-24(23)29-19-20-8-4-2-5-9-20)25(21-10-6-3-7-11-21)27-16-14-26-15-17-27/h2,4-5,8-9,12-13,18,21,25-26H,3,6-7,10-11,14-17,19H2,1H3/t25-/m1/s1. The molecule has 2 aromatic rings. The molecule has 2 aromatic carbocycles. The van der Waals surface area contributed by atoms with E-state index in [4.69, 9.17) is 9.47 Å². The highest BCUT2D eigenvalue weighted by molar-refractivity contribution is 5.44. The van der Waals surface area contributed by atoms with E-state index in [1.165, 1.54) is 43.2 Å². The molecule has 1 N–H and O–H groups in total. The zero-order valence-electron chi connectivity index (χ0n) is 17.6. The Morgan fingerprint density at radius 3 is 2.45 bits per heavy atom. The normalized spacial score (nSPS) is 19.6. The van der Waals surface area contributed by atoms with Crippen LogP contribution in [0, 0.1) is 5.92 Å². The summed E-state index contributed by atoms with van der Waals surface area (Å²) in [7, 11) is 1.72. The van der Waals surface area contributed by atoms with Crippen LogP contribution in [0.2, 0.25) is 0 Å². The van der Waals surface area contributed by atoms with Gasteiger partial charge in [0.1, 0.15) is 6.61 Å². The lowest BCUT2D eigenvalue weighted by Gasteiger charge is -2.41. The molecule has 2 fully saturated rings. The quantitative estimate of drug-likeness (QED) is 0.731. The predicted octanol–water partition coefficient (Wildman–Crippen LogP) is 4.80. The average Bonchev–Trinajstić information content (AvgIpc) is 2.80. The Balaban J connectivity index is 1.59. The summed E-state index contributed by atoms with van der Waals surface area (Å²) in [5.74, 6) is 2.40. The van der Waals surface area contributed by atoms with Gasteiger partial charge >= 0.3 is 0 Å². The minimum Gasteiger partial charge on any atom is -0.493 e. The average molecular weight is 395 g/mol. The van der Waals surface area contributed by atoms with Crippen LogP contribution in [0.25, 0.3) is 0 Å². The summed E-state index contributed by atoms with van der Waals surface area (Å²) in [6.45, 7) is 4.96. The van der Waals surface area contributed by atoms with Crippen molar-refractivity contribution in [2.45, 2.75) is 44.8 Å². The monoisotopic (exact) mass is 394 g/mol. The molecule has 0 unspecified atom stereocenters. The minimum atomic E-state index is 0.474. The fourth-order valence-corrected chi connectivity index (χ4v) is 4.92. The first-order valence-corrected chi connectivity index (χ1v) is 11.1. The number of hydrogen-bond acceptors (Lipinski definition) is 4.